The first-order chi connectivity index (χ1) is 6.45. The van der Waals surface area contributed by atoms with Crippen molar-refractivity contribution in [3.05, 3.63) is 23.2 Å². The number of rotatable bonds is 2. The van der Waals surface area contributed by atoms with Gasteiger partial charge in [0.2, 0.25) is 6.08 Å². The van der Waals surface area contributed by atoms with Gasteiger partial charge in [0.1, 0.15) is 0 Å². The first kappa shape index (κ1) is 10.9. The van der Waals surface area contributed by atoms with Crippen molar-refractivity contribution >= 4 is 33.5 Å². The van der Waals surface area contributed by atoms with Crippen LogP contribution < -0.4 is 0 Å². The summed E-state index contributed by atoms with van der Waals surface area (Å²) in [5.41, 5.74) is -0.0585. The van der Waals surface area contributed by atoms with E-state index in [1.165, 1.54) is 12.1 Å². The van der Waals surface area contributed by atoms with Crippen LogP contribution in [0.4, 0.5) is 5.69 Å². The van der Waals surface area contributed by atoms with Gasteiger partial charge in [-0.2, -0.15) is 13.4 Å². The van der Waals surface area contributed by atoms with Gasteiger partial charge in [0.15, 0.2) is 0 Å². The van der Waals surface area contributed by atoms with Gasteiger partial charge < -0.3 is 0 Å². The van der Waals surface area contributed by atoms with Gasteiger partial charge in [0, 0.05) is 0 Å². The topological polar surface area (TPSA) is 83.8 Å². The summed E-state index contributed by atoms with van der Waals surface area (Å²) in [5.74, 6) is 0. The minimum Gasteiger partial charge on any atom is -0.282 e. The van der Waals surface area contributed by atoms with Crippen LogP contribution in [0.3, 0.4) is 0 Å². The predicted octanol–water partition coefficient (Wildman–Crippen LogP) is 1.55. The molecule has 0 heterocycles. The van der Waals surface area contributed by atoms with E-state index in [0.717, 1.165) is 12.1 Å². The highest BCUT2D eigenvalue weighted by Gasteiger charge is 2.11. The molecule has 0 unspecified atom stereocenters. The molecule has 0 spiro atoms. The normalized spacial score (nSPS) is 10.7. The van der Waals surface area contributed by atoms with Crippen molar-refractivity contribution in [2.24, 2.45) is 4.99 Å². The van der Waals surface area contributed by atoms with E-state index in [1.807, 2.05) is 0 Å². The number of isocyanates is 1. The number of carbonyl (C=O) groups excluding carboxylic acids is 1. The molecular weight excluding hydrogens is 230 g/mol. The van der Waals surface area contributed by atoms with Crippen LogP contribution in [0, 0.1) is 0 Å². The molecule has 1 N–H and O–H groups in total. The predicted molar refractivity (Wildman–Crippen MR) is 49.0 cm³/mol. The maximum Gasteiger partial charge on any atom is 0.294 e. The molecule has 7 heteroatoms. The zero-order chi connectivity index (χ0) is 10.8. The smallest absolute Gasteiger partial charge is 0.282 e. The minimum atomic E-state index is -4.31. The Bertz CT molecular complexity index is 504. The molecule has 0 aliphatic carbocycles. The van der Waals surface area contributed by atoms with Crippen LogP contribution >= 0.6 is 11.6 Å². The fraction of sp³-hybridized carbons (Fsp3) is 0. The number of benzene rings is 1. The third-order valence-electron chi connectivity index (χ3n) is 1.38. The Morgan fingerprint density at radius 1 is 1.43 bits per heavy atom. The Hall–Kier alpha value is -1.20. The SMILES string of the molecule is O=C=Nc1cc(S(=O)(=O)O)ccc1Cl. The Morgan fingerprint density at radius 2 is 2.07 bits per heavy atom. The highest BCUT2D eigenvalue weighted by Crippen LogP contribution is 2.27. The number of halogens is 1. The molecule has 74 valence electrons. The van der Waals surface area contributed by atoms with Gasteiger partial charge in [-0.05, 0) is 18.2 Å². The molecular formula is C7H4ClNO4S. The molecule has 0 atom stereocenters. The van der Waals surface area contributed by atoms with Crippen molar-refractivity contribution in [1.82, 2.24) is 0 Å². The third kappa shape index (κ3) is 2.40. The molecule has 0 bridgehead atoms. The maximum absolute atomic E-state index is 10.7. The summed E-state index contributed by atoms with van der Waals surface area (Å²) in [4.78, 5) is 12.7. The molecule has 0 saturated heterocycles. The highest BCUT2D eigenvalue weighted by atomic mass is 35.5. The van der Waals surface area contributed by atoms with Gasteiger partial charge in [0.25, 0.3) is 10.1 Å². The molecule has 1 rings (SSSR count). The Morgan fingerprint density at radius 3 is 2.57 bits per heavy atom. The molecule has 0 saturated carbocycles. The average molecular weight is 234 g/mol. The van der Waals surface area contributed by atoms with E-state index >= 15 is 0 Å². The average Bonchev–Trinajstić information content (AvgIpc) is 2.07. The molecule has 0 aliphatic rings. The van der Waals surface area contributed by atoms with E-state index in [2.05, 4.69) is 4.99 Å². The zero-order valence-corrected chi connectivity index (χ0v) is 8.21. The van der Waals surface area contributed by atoms with E-state index in [4.69, 9.17) is 16.2 Å². The van der Waals surface area contributed by atoms with Crippen LogP contribution in [-0.4, -0.2) is 19.1 Å². The van der Waals surface area contributed by atoms with Crippen molar-refractivity contribution < 1.29 is 17.8 Å². The first-order valence-electron chi connectivity index (χ1n) is 3.30. The van der Waals surface area contributed by atoms with Crippen molar-refractivity contribution in [3.8, 4) is 0 Å². The Kier molecular flexibility index (Phi) is 3.03. The van der Waals surface area contributed by atoms with Crippen LogP contribution in [0.15, 0.2) is 28.1 Å². The summed E-state index contributed by atoms with van der Waals surface area (Å²) in [6.07, 6.45) is 1.22. The summed E-state index contributed by atoms with van der Waals surface area (Å²) in [6.45, 7) is 0. The van der Waals surface area contributed by atoms with Crippen LogP contribution in [0.25, 0.3) is 0 Å². The van der Waals surface area contributed by atoms with Gasteiger partial charge in [-0.15, -0.1) is 0 Å². The van der Waals surface area contributed by atoms with Crippen molar-refractivity contribution in [1.29, 1.82) is 0 Å². The lowest BCUT2D eigenvalue weighted by Gasteiger charge is -1.99. The number of nitrogens with zero attached hydrogens (tertiary/aromatic N) is 1. The highest BCUT2D eigenvalue weighted by molar-refractivity contribution is 7.85. The summed E-state index contributed by atoms with van der Waals surface area (Å²) >= 11 is 5.58. The molecule has 1 aromatic carbocycles. The molecule has 14 heavy (non-hydrogen) atoms. The van der Waals surface area contributed by atoms with Gasteiger partial charge in [-0.25, -0.2) is 4.79 Å². The summed E-state index contributed by atoms with van der Waals surface area (Å²) in [5, 5.41) is 0.0979. The second-order valence-electron chi connectivity index (χ2n) is 2.29. The maximum atomic E-state index is 10.7. The van der Waals surface area contributed by atoms with E-state index in [0.29, 0.717) is 0 Å². The van der Waals surface area contributed by atoms with Gasteiger partial charge in [-0.1, -0.05) is 11.6 Å². The van der Waals surface area contributed by atoms with Crippen molar-refractivity contribution in [2.45, 2.75) is 4.90 Å². The van der Waals surface area contributed by atoms with E-state index in [1.54, 1.807) is 0 Å². The number of aliphatic imine (C=N–C) groups is 1. The Balaban J connectivity index is 3.41. The fourth-order valence-corrected chi connectivity index (χ4v) is 1.45. The lowest BCUT2D eigenvalue weighted by atomic mass is 10.3. The molecule has 0 aromatic heterocycles. The molecule has 0 fully saturated rings. The quantitative estimate of drug-likeness (QED) is 0.477. The third-order valence-corrected chi connectivity index (χ3v) is 2.55. The second-order valence-corrected chi connectivity index (χ2v) is 4.12. The summed E-state index contributed by atoms with van der Waals surface area (Å²) in [7, 11) is -4.31. The van der Waals surface area contributed by atoms with E-state index in [-0.39, 0.29) is 15.6 Å². The first-order valence-corrected chi connectivity index (χ1v) is 5.12. The minimum absolute atomic E-state index is 0.0585. The van der Waals surface area contributed by atoms with Gasteiger partial charge in [0.05, 0.1) is 15.6 Å². The van der Waals surface area contributed by atoms with Crippen molar-refractivity contribution in [2.75, 3.05) is 0 Å². The van der Waals surface area contributed by atoms with E-state index < -0.39 is 10.1 Å². The fourth-order valence-electron chi connectivity index (χ4n) is 0.788. The van der Waals surface area contributed by atoms with Crippen LogP contribution in [0.5, 0.6) is 0 Å². The molecule has 0 radical (unpaired) electrons. The lowest BCUT2D eigenvalue weighted by Crippen LogP contribution is -1.97. The molecule has 0 aliphatic heterocycles. The van der Waals surface area contributed by atoms with Crippen molar-refractivity contribution in [3.63, 3.8) is 0 Å². The number of hydrogen-bond acceptors (Lipinski definition) is 4. The molecule has 0 amide bonds. The molecule has 5 nitrogen and oxygen atoms in total. The van der Waals surface area contributed by atoms with Crippen LogP contribution in [0.1, 0.15) is 0 Å². The monoisotopic (exact) mass is 233 g/mol. The standard InChI is InChI=1S/C7H4ClNO4S/c8-6-2-1-5(14(11,12)13)3-7(6)9-4-10/h1-3H,(H,11,12,13). The van der Waals surface area contributed by atoms with Crippen LogP contribution in [0.2, 0.25) is 5.02 Å². The summed E-state index contributed by atoms with van der Waals surface area (Å²) in [6, 6.07) is 3.28. The number of hydrogen-bond donors (Lipinski definition) is 1. The second kappa shape index (κ2) is 3.89. The molecule has 1 aromatic rings. The largest absolute Gasteiger partial charge is 0.294 e. The van der Waals surface area contributed by atoms with Crippen LogP contribution in [-0.2, 0) is 14.9 Å². The zero-order valence-electron chi connectivity index (χ0n) is 6.64. The van der Waals surface area contributed by atoms with Gasteiger partial charge >= 0.3 is 0 Å². The summed E-state index contributed by atoms with van der Waals surface area (Å²) < 4.78 is 30.0. The van der Waals surface area contributed by atoms with Gasteiger partial charge in [-0.3, -0.25) is 4.55 Å². The van der Waals surface area contributed by atoms with E-state index in [9.17, 15) is 13.2 Å². The Labute approximate surface area is 84.8 Å². The lowest BCUT2D eigenvalue weighted by molar-refractivity contribution is 0.483.